The number of ether oxygens (including phenoxy) is 2. The van der Waals surface area contributed by atoms with Crippen LogP contribution in [0.2, 0.25) is 0 Å². The van der Waals surface area contributed by atoms with Crippen molar-refractivity contribution in [3.05, 3.63) is 69.9 Å². The topological polar surface area (TPSA) is 72.1 Å². The van der Waals surface area contributed by atoms with Crippen molar-refractivity contribution in [2.75, 3.05) is 20.8 Å². The molecule has 1 atom stereocenters. The van der Waals surface area contributed by atoms with Gasteiger partial charge in [-0.05, 0) is 35.2 Å². The molecular weight excluding hydrogens is 424 g/mol. The molecular formula is C24H26N4O3S. The zero-order valence-corrected chi connectivity index (χ0v) is 19.2. The van der Waals surface area contributed by atoms with Crippen LogP contribution in [-0.4, -0.2) is 45.4 Å². The maximum Gasteiger partial charge on any atom is 0.230 e. The van der Waals surface area contributed by atoms with Crippen LogP contribution in [0.3, 0.4) is 0 Å². The standard InChI is InChI=1S/C24H26N4O3S/c1-4-20-25-24-28(26-20)23(29)22(32-24)21(16-9-10-18(30-2)19(13-16)31-3)27-12-11-15-7-5-6-8-17(15)14-27/h5-10,13,21,29H,4,11-12,14H2,1-3H3. The van der Waals surface area contributed by atoms with Gasteiger partial charge in [0.1, 0.15) is 0 Å². The van der Waals surface area contributed by atoms with Crippen molar-refractivity contribution in [3.8, 4) is 17.4 Å². The first kappa shape index (κ1) is 20.8. The van der Waals surface area contributed by atoms with Crippen LogP contribution in [0.1, 0.15) is 40.4 Å². The third kappa shape index (κ3) is 3.49. The van der Waals surface area contributed by atoms with Crippen LogP contribution in [0.15, 0.2) is 42.5 Å². The third-order valence-electron chi connectivity index (χ3n) is 6.06. The van der Waals surface area contributed by atoms with Crippen LogP contribution in [0.4, 0.5) is 0 Å². The molecule has 1 aliphatic rings. The lowest BCUT2D eigenvalue weighted by atomic mass is 9.95. The van der Waals surface area contributed by atoms with Gasteiger partial charge in [-0.25, -0.2) is 4.98 Å². The molecule has 0 saturated heterocycles. The van der Waals surface area contributed by atoms with Crippen molar-refractivity contribution in [1.29, 1.82) is 0 Å². The Morgan fingerprint density at radius 2 is 1.88 bits per heavy atom. The fourth-order valence-corrected chi connectivity index (χ4v) is 5.54. The molecule has 7 nitrogen and oxygen atoms in total. The molecule has 0 saturated carbocycles. The Labute approximate surface area is 190 Å². The van der Waals surface area contributed by atoms with E-state index in [1.165, 1.54) is 22.5 Å². The van der Waals surface area contributed by atoms with E-state index in [4.69, 9.17) is 9.47 Å². The normalized spacial score (nSPS) is 15.0. The molecule has 5 rings (SSSR count). The van der Waals surface area contributed by atoms with Crippen LogP contribution in [-0.2, 0) is 19.4 Å². The molecule has 1 N–H and O–H groups in total. The first-order valence-corrected chi connectivity index (χ1v) is 11.5. The number of benzene rings is 2. The summed E-state index contributed by atoms with van der Waals surface area (Å²) in [6, 6.07) is 14.4. The minimum atomic E-state index is -0.165. The number of methoxy groups -OCH3 is 2. The smallest absolute Gasteiger partial charge is 0.230 e. The maximum atomic E-state index is 11.2. The van der Waals surface area contributed by atoms with Crippen molar-refractivity contribution in [1.82, 2.24) is 19.5 Å². The molecule has 0 radical (unpaired) electrons. The lowest BCUT2D eigenvalue weighted by Crippen LogP contribution is -2.34. The Bertz CT molecular complexity index is 1270. The summed E-state index contributed by atoms with van der Waals surface area (Å²) in [5, 5.41) is 15.6. The van der Waals surface area contributed by atoms with Crippen LogP contribution in [0.25, 0.3) is 4.96 Å². The van der Waals surface area contributed by atoms with Gasteiger partial charge in [-0.1, -0.05) is 48.6 Å². The van der Waals surface area contributed by atoms with Gasteiger partial charge in [-0.3, -0.25) is 4.90 Å². The monoisotopic (exact) mass is 450 g/mol. The number of aromatic nitrogens is 3. The van der Waals surface area contributed by atoms with E-state index in [1.54, 1.807) is 18.7 Å². The molecule has 0 spiro atoms. The van der Waals surface area contributed by atoms with Gasteiger partial charge in [0.2, 0.25) is 10.8 Å². The van der Waals surface area contributed by atoms with E-state index in [1.807, 2.05) is 25.1 Å². The summed E-state index contributed by atoms with van der Waals surface area (Å²) in [5.41, 5.74) is 3.73. The van der Waals surface area contributed by atoms with Crippen LogP contribution < -0.4 is 9.47 Å². The van der Waals surface area contributed by atoms with Crippen LogP contribution in [0.5, 0.6) is 17.4 Å². The number of aromatic hydroxyl groups is 1. The number of hydrogen-bond donors (Lipinski definition) is 1. The lowest BCUT2D eigenvalue weighted by molar-refractivity contribution is 0.205. The highest BCUT2D eigenvalue weighted by Gasteiger charge is 2.32. The molecule has 8 heteroatoms. The highest BCUT2D eigenvalue weighted by Crippen LogP contribution is 2.43. The van der Waals surface area contributed by atoms with Crippen LogP contribution in [0, 0.1) is 0 Å². The predicted molar refractivity (Wildman–Crippen MR) is 124 cm³/mol. The average Bonchev–Trinajstić information content (AvgIpc) is 3.38. The molecule has 0 bridgehead atoms. The largest absolute Gasteiger partial charge is 0.493 e. The Morgan fingerprint density at radius 3 is 2.59 bits per heavy atom. The number of aryl methyl sites for hydroxylation is 1. The predicted octanol–water partition coefficient (Wildman–Crippen LogP) is 4.22. The SMILES string of the molecule is CCc1nc2sc(C(c3ccc(OC)c(OC)c3)N3CCc4ccccc4C3)c(O)n2n1. The highest BCUT2D eigenvalue weighted by atomic mass is 32.1. The molecule has 1 unspecified atom stereocenters. The molecule has 1 aliphatic heterocycles. The first-order valence-electron chi connectivity index (χ1n) is 10.7. The molecule has 4 aromatic rings. The molecule has 0 amide bonds. The first-order chi connectivity index (χ1) is 15.6. The number of rotatable bonds is 6. The molecule has 32 heavy (non-hydrogen) atoms. The Hall–Kier alpha value is -3.10. The summed E-state index contributed by atoms with van der Waals surface area (Å²) in [4.78, 5) is 8.51. The van der Waals surface area contributed by atoms with Crippen molar-refractivity contribution in [3.63, 3.8) is 0 Å². The summed E-state index contributed by atoms with van der Waals surface area (Å²) in [6.07, 6.45) is 1.69. The summed E-state index contributed by atoms with van der Waals surface area (Å²) < 4.78 is 12.6. The second-order valence-corrected chi connectivity index (χ2v) is 8.88. The Morgan fingerprint density at radius 1 is 1.09 bits per heavy atom. The van der Waals surface area contributed by atoms with E-state index >= 15 is 0 Å². The average molecular weight is 451 g/mol. The van der Waals surface area contributed by atoms with Crippen molar-refractivity contribution < 1.29 is 14.6 Å². The van der Waals surface area contributed by atoms with Crippen molar-refractivity contribution >= 4 is 16.3 Å². The zero-order valence-electron chi connectivity index (χ0n) is 18.4. The summed E-state index contributed by atoms with van der Waals surface area (Å²) >= 11 is 1.49. The molecule has 166 valence electrons. The summed E-state index contributed by atoms with van der Waals surface area (Å²) in [5.74, 6) is 2.22. The third-order valence-corrected chi connectivity index (χ3v) is 7.13. The van der Waals surface area contributed by atoms with Gasteiger partial charge >= 0.3 is 0 Å². The van der Waals surface area contributed by atoms with E-state index in [-0.39, 0.29) is 11.9 Å². The van der Waals surface area contributed by atoms with Crippen molar-refractivity contribution in [2.45, 2.75) is 32.4 Å². The number of hydrogen-bond acceptors (Lipinski definition) is 7. The zero-order chi connectivity index (χ0) is 22.2. The van der Waals surface area contributed by atoms with Gasteiger partial charge in [0.25, 0.3) is 0 Å². The minimum absolute atomic E-state index is 0.149. The highest BCUT2D eigenvalue weighted by molar-refractivity contribution is 7.17. The molecule has 2 aromatic carbocycles. The van der Waals surface area contributed by atoms with E-state index in [0.717, 1.165) is 42.2 Å². The minimum Gasteiger partial charge on any atom is -0.493 e. The Balaban J connectivity index is 1.63. The van der Waals surface area contributed by atoms with E-state index in [0.29, 0.717) is 16.5 Å². The summed E-state index contributed by atoms with van der Waals surface area (Å²) in [7, 11) is 3.27. The lowest BCUT2D eigenvalue weighted by Gasteiger charge is -2.35. The number of thiazole rings is 1. The van der Waals surface area contributed by atoms with Crippen molar-refractivity contribution in [2.24, 2.45) is 0 Å². The molecule has 0 aliphatic carbocycles. The molecule has 3 heterocycles. The maximum absolute atomic E-state index is 11.2. The van der Waals surface area contributed by atoms with Gasteiger partial charge < -0.3 is 14.6 Å². The second kappa shape index (κ2) is 8.44. The van der Waals surface area contributed by atoms with Gasteiger partial charge in [-0.2, -0.15) is 4.52 Å². The second-order valence-electron chi connectivity index (χ2n) is 7.87. The van der Waals surface area contributed by atoms with Gasteiger partial charge in [0, 0.05) is 19.5 Å². The van der Waals surface area contributed by atoms with E-state index < -0.39 is 0 Å². The number of nitrogens with zero attached hydrogens (tertiary/aromatic N) is 4. The molecule has 0 fully saturated rings. The quantitative estimate of drug-likeness (QED) is 0.474. The summed E-state index contributed by atoms with van der Waals surface area (Å²) in [6.45, 7) is 3.68. The van der Waals surface area contributed by atoms with E-state index in [9.17, 15) is 5.11 Å². The van der Waals surface area contributed by atoms with E-state index in [2.05, 4.69) is 39.2 Å². The molecule has 2 aromatic heterocycles. The number of fused-ring (bicyclic) bond motifs is 2. The fraction of sp³-hybridized carbons (Fsp3) is 0.333. The van der Waals surface area contributed by atoms with Crippen LogP contribution >= 0.6 is 11.3 Å². The van der Waals surface area contributed by atoms with Gasteiger partial charge in [0.15, 0.2) is 17.3 Å². The fourth-order valence-electron chi connectivity index (χ4n) is 4.41. The van der Waals surface area contributed by atoms with Gasteiger partial charge in [-0.15, -0.1) is 5.10 Å². The van der Waals surface area contributed by atoms with Gasteiger partial charge in [0.05, 0.1) is 25.1 Å². The Kier molecular flexibility index (Phi) is 5.48.